The molecule has 13 rings (SSSR count). The highest BCUT2D eigenvalue weighted by Gasteiger charge is 2.52. The normalized spacial score (nSPS) is 13.4. The van der Waals surface area contributed by atoms with E-state index in [-0.39, 0.29) is 0 Å². The van der Waals surface area contributed by atoms with E-state index in [1.54, 1.807) is 0 Å². The third kappa shape index (κ3) is 3.92. The number of hydrogen-bond donors (Lipinski definition) is 0. The van der Waals surface area contributed by atoms with Crippen LogP contribution in [0.1, 0.15) is 22.3 Å². The fourth-order valence-corrected chi connectivity index (χ4v) is 11.1. The average Bonchev–Trinajstić information content (AvgIpc) is 3.75. The van der Waals surface area contributed by atoms with Crippen LogP contribution in [0.2, 0.25) is 0 Å². The minimum Gasteiger partial charge on any atom is -0.0619 e. The summed E-state index contributed by atoms with van der Waals surface area (Å²) < 4.78 is 0. The molecule has 262 valence electrons. The smallest absolute Gasteiger partial charge is 0.0619 e. The lowest BCUT2D eigenvalue weighted by atomic mass is 9.69. The van der Waals surface area contributed by atoms with Crippen molar-refractivity contribution in [1.29, 1.82) is 0 Å². The quantitative estimate of drug-likeness (QED) is 0.156. The fraction of sp³-hybridized carbons (Fsp3) is 0.0175. The summed E-state index contributed by atoms with van der Waals surface area (Å²) in [4.78, 5) is 0. The van der Waals surface area contributed by atoms with Gasteiger partial charge < -0.3 is 0 Å². The predicted octanol–water partition coefficient (Wildman–Crippen LogP) is 15.1. The molecule has 0 aromatic heterocycles. The zero-order valence-corrected chi connectivity index (χ0v) is 31.1. The Morgan fingerprint density at radius 3 is 1.23 bits per heavy atom. The van der Waals surface area contributed by atoms with E-state index in [2.05, 4.69) is 206 Å². The van der Waals surface area contributed by atoms with E-state index in [4.69, 9.17) is 0 Å². The summed E-state index contributed by atoms with van der Waals surface area (Å²) in [6.45, 7) is 0. The summed E-state index contributed by atoms with van der Waals surface area (Å²) in [7, 11) is 0. The molecule has 0 fully saturated rings. The molecule has 2 aliphatic rings. The third-order valence-electron chi connectivity index (χ3n) is 13.2. The number of fused-ring (bicyclic) bond motifs is 17. The molecule has 0 bridgehead atoms. The van der Waals surface area contributed by atoms with Gasteiger partial charge in [0.25, 0.3) is 0 Å². The van der Waals surface area contributed by atoms with Gasteiger partial charge in [-0.15, -0.1) is 0 Å². The Morgan fingerprint density at radius 2 is 0.614 bits per heavy atom. The predicted molar refractivity (Wildman–Crippen MR) is 241 cm³/mol. The lowest BCUT2D eigenvalue weighted by Crippen LogP contribution is -2.26. The van der Waals surface area contributed by atoms with Crippen LogP contribution in [0.5, 0.6) is 0 Å². The van der Waals surface area contributed by atoms with E-state index in [1.165, 1.54) is 121 Å². The van der Waals surface area contributed by atoms with Crippen LogP contribution in [0.25, 0.3) is 98.4 Å². The van der Waals surface area contributed by atoms with Gasteiger partial charge in [-0.3, -0.25) is 0 Å². The van der Waals surface area contributed by atoms with Gasteiger partial charge in [0.05, 0.1) is 5.41 Å². The topological polar surface area (TPSA) is 0 Å². The molecule has 0 aliphatic heterocycles. The van der Waals surface area contributed by atoms with E-state index in [9.17, 15) is 0 Å². The second-order valence-corrected chi connectivity index (χ2v) is 15.8. The van der Waals surface area contributed by atoms with Crippen molar-refractivity contribution in [2.24, 2.45) is 0 Å². The lowest BCUT2D eigenvalue weighted by molar-refractivity contribution is 0.795. The van der Waals surface area contributed by atoms with Crippen LogP contribution >= 0.6 is 0 Å². The molecule has 0 nitrogen and oxygen atoms in total. The largest absolute Gasteiger partial charge is 0.0726 e. The van der Waals surface area contributed by atoms with Gasteiger partial charge in [-0.2, -0.15) is 0 Å². The summed E-state index contributed by atoms with van der Waals surface area (Å²) >= 11 is 0. The van der Waals surface area contributed by atoms with E-state index in [1.807, 2.05) is 0 Å². The summed E-state index contributed by atoms with van der Waals surface area (Å²) in [6.07, 6.45) is 0. The molecule has 0 atom stereocenters. The van der Waals surface area contributed by atoms with Gasteiger partial charge in [-0.05, 0) is 127 Å². The first-order valence-corrected chi connectivity index (χ1v) is 20.0. The molecule has 1 spiro atoms. The van der Waals surface area contributed by atoms with Crippen molar-refractivity contribution in [3.63, 3.8) is 0 Å². The van der Waals surface area contributed by atoms with Crippen molar-refractivity contribution in [1.82, 2.24) is 0 Å². The van der Waals surface area contributed by atoms with Crippen LogP contribution in [0.3, 0.4) is 0 Å². The molecular weight excluding hydrogens is 685 g/mol. The van der Waals surface area contributed by atoms with Gasteiger partial charge >= 0.3 is 0 Å². The summed E-state index contributed by atoms with van der Waals surface area (Å²) in [6, 6.07) is 77.7. The molecule has 0 heteroatoms. The highest BCUT2D eigenvalue weighted by Crippen LogP contribution is 2.65. The molecular formula is C57H34. The van der Waals surface area contributed by atoms with Crippen LogP contribution in [0.4, 0.5) is 0 Å². The maximum absolute atomic E-state index is 2.61. The van der Waals surface area contributed by atoms with E-state index >= 15 is 0 Å². The Hall–Kier alpha value is -7.28. The molecule has 2 aliphatic carbocycles. The molecule has 0 saturated heterocycles. The lowest BCUT2D eigenvalue weighted by Gasteiger charge is -2.31. The first-order valence-electron chi connectivity index (χ1n) is 20.0. The monoisotopic (exact) mass is 718 g/mol. The van der Waals surface area contributed by atoms with E-state index in [0.717, 1.165) is 0 Å². The molecule has 11 aromatic carbocycles. The molecule has 0 N–H and O–H groups in total. The molecule has 0 radical (unpaired) electrons. The number of rotatable bonds is 2. The fourth-order valence-electron chi connectivity index (χ4n) is 11.1. The van der Waals surface area contributed by atoms with Gasteiger partial charge in [-0.1, -0.05) is 200 Å². The maximum atomic E-state index is 2.61. The minimum absolute atomic E-state index is 0.477. The van der Waals surface area contributed by atoms with Crippen molar-refractivity contribution in [3.8, 4) is 44.5 Å². The molecule has 0 amide bonds. The third-order valence-corrected chi connectivity index (χ3v) is 13.2. The summed E-state index contributed by atoms with van der Waals surface area (Å²) in [5, 5.41) is 12.8. The number of hydrogen-bond acceptors (Lipinski definition) is 0. The first-order chi connectivity index (χ1) is 28.3. The highest BCUT2D eigenvalue weighted by atomic mass is 14.5. The van der Waals surface area contributed by atoms with Crippen molar-refractivity contribution in [3.05, 3.63) is 229 Å². The Bertz CT molecular complexity index is 3420. The first kappa shape index (κ1) is 31.0. The maximum Gasteiger partial charge on any atom is 0.0726 e. The van der Waals surface area contributed by atoms with E-state index in [0.29, 0.717) is 0 Å². The van der Waals surface area contributed by atoms with Crippen LogP contribution in [-0.4, -0.2) is 0 Å². The van der Waals surface area contributed by atoms with Crippen molar-refractivity contribution < 1.29 is 0 Å². The Kier molecular flexibility index (Phi) is 6.19. The minimum atomic E-state index is -0.477. The standard InChI is InChI=1S/C57H34/c1-3-19-37-35(16-1)18-15-29-42(37)53-44-25-7-9-27-46(44)54(47-28-10-8-26-45(47)53)48-34-52-56(43-24-6-5-21-39(43)48)55-38-20-4-2-17-36(38)32-33-51(55)57(52)49-30-13-11-22-40(49)41-23-12-14-31-50(41)57/h1-34H. The van der Waals surface area contributed by atoms with Gasteiger partial charge in [0.1, 0.15) is 0 Å². The van der Waals surface area contributed by atoms with Crippen molar-refractivity contribution in [2.75, 3.05) is 0 Å². The molecule has 11 aromatic rings. The van der Waals surface area contributed by atoms with Gasteiger partial charge in [0.15, 0.2) is 0 Å². The molecule has 0 saturated carbocycles. The Morgan fingerprint density at radius 1 is 0.211 bits per heavy atom. The second-order valence-electron chi connectivity index (χ2n) is 15.8. The Labute approximate surface area is 330 Å². The van der Waals surface area contributed by atoms with Gasteiger partial charge in [-0.25, -0.2) is 0 Å². The summed E-state index contributed by atoms with van der Waals surface area (Å²) in [5.74, 6) is 0. The zero-order chi connectivity index (χ0) is 37.2. The van der Waals surface area contributed by atoms with Gasteiger partial charge in [0.2, 0.25) is 0 Å². The van der Waals surface area contributed by atoms with Crippen LogP contribution in [-0.2, 0) is 5.41 Å². The Balaban J connectivity index is 1.23. The number of benzene rings is 11. The van der Waals surface area contributed by atoms with E-state index < -0.39 is 5.41 Å². The SMILES string of the molecule is c1ccc2c(c1)-c1ccccc1C21c2ccc3ccccc3c2-c2c1cc(-c1c3ccccc3c(-c3cccc4ccccc34)c3ccccc13)c1ccccc21. The van der Waals surface area contributed by atoms with Crippen molar-refractivity contribution in [2.45, 2.75) is 5.41 Å². The van der Waals surface area contributed by atoms with Crippen LogP contribution in [0.15, 0.2) is 206 Å². The summed E-state index contributed by atoms with van der Waals surface area (Å²) in [5.41, 5.74) is 15.5. The van der Waals surface area contributed by atoms with Gasteiger partial charge in [0, 0.05) is 0 Å². The average molecular weight is 719 g/mol. The van der Waals surface area contributed by atoms with Crippen LogP contribution < -0.4 is 0 Å². The second kappa shape index (κ2) is 11.4. The molecule has 0 heterocycles. The molecule has 57 heavy (non-hydrogen) atoms. The zero-order valence-electron chi connectivity index (χ0n) is 31.1. The van der Waals surface area contributed by atoms with Crippen molar-refractivity contribution >= 4 is 53.9 Å². The molecule has 0 unspecified atom stereocenters. The highest BCUT2D eigenvalue weighted by molar-refractivity contribution is 6.27. The van der Waals surface area contributed by atoms with Crippen LogP contribution in [0, 0.1) is 0 Å².